The van der Waals surface area contributed by atoms with Gasteiger partial charge in [0.15, 0.2) is 0 Å². The van der Waals surface area contributed by atoms with Crippen molar-refractivity contribution < 1.29 is 4.74 Å². The Morgan fingerprint density at radius 2 is 1.79 bits per heavy atom. The average Bonchev–Trinajstić information content (AvgIpc) is 2.30. The fourth-order valence-corrected chi connectivity index (χ4v) is 2.01. The number of rotatable bonds is 2. The zero-order valence-electron chi connectivity index (χ0n) is 11.1. The second-order valence-corrected chi connectivity index (χ2v) is 6.18. The quantitative estimate of drug-likeness (QED) is 0.732. The van der Waals surface area contributed by atoms with Crippen molar-refractivity contribution in [2.24, 2.45) is 0 Å². The minimum absolute atomic E-state index is 0.0553. The molecule has 0 aliphatic heterocycles. The van der Waals surface area contributed by atoms with Gasteiger partial charge in [0.2, 0.25) is 0 Å². The highest BCUT2D eigenvalue weighted by Gasteiger charge is 2.15. The summed E-state index contributed by atoms with van der Waals surface area (Å²) < 4.78 is 5.68. The number of hydrogen-bond acceptors (Lipinski definition) is 2. The SMILES string of the molecule is CC(C)(C)c1ccc(Oc2cncc(Cl)c2)c(Cl)c1. The zero-order chi connectivity index (χ0) is 14.0. The van der Waals surface area contributed by atoms with Crippen molar-refractivity contribution >= 4 is 23.2 Å². The summed E-state index contributed by atoms with van der Waals surface area (Å²) in [6.07, 6.45) is 3.15. The molecule has 0 aliphatic rings. The molecule has 0 N–H and O–H groups in total. The molecule has 1 aromatic heterocycles. The molecule has 0 bridgehead atoms. The van der Waals surface area contributed by atoms with E-state index in [0.29, 0.717) is 21.5 Å². The molecule has 100 valence electrons. The van der Waals surface area contributed by atoms with E-state index in [0.717, 1.165) is 5.56 Å². The molecule has 0 saturated heterocycles. The average molecular weight is 296 g/mol. The maximum Gasteiger partial charge on any atom is 0.147 e. The Kier molecular flexibility index (Phi) is 4.02. The number of hydrogen-bond donors (Lipinski definition) is 0. The lowest BCUT2D eigenvalue weighted by molar-refractivity contribution is 0.479. The molecule has 2 nitrogen and oxygen atoms in total. The third kappa shape index (κ3) is 3.62. The number of nitrogens with zero attached hydrogens (tertiary/aromatic N) is 1. The first-order valence-corrected chi connectivity index (χ1v) is 6.70. The molecular formula is C15H15Cl2NO. The van der Waals surface area contributed by atoms with Crippen LogP contribution < -0.4 is 4.74 Å². The molecule has 1 heterocycles. The normalized spacial score (nSPS) is 11.4. The van der Waals surface area contributed by atoms with Crippen molar-refractivity contribution in [1.29, 1.82) is 0 Å². The number of ether oxygens (including phenoxy) is 1. The largest absolute Gasteiger partial charge is 0.454 e. The fourth-order valence-electron chi connectivity index (χ4n) is 1.63. The molecule has 2 aromatic rings. The van der Waals surface area contributed by atoms with Gasteiger partial charge in [0.05, 0.1) is 16.2 Å². The summed E-state index contributed by atoms with van der Waals surface area (Å²) >= 11 is 12.1. The van der Waals surface area contributed by atoms with E-state index < -0.39 is 0 Å². The molecule has 0 radical (unpaired) electrons. The second-order valence-electron chi connectivity index (χ2n) is 5.34. The van der Waals surface area contributed by atoms with Crippen LogP contribution in [-0.2, 0) is 5.41 Å². The van der Waals surface area contributed by atoms with Crippen LogP contribution in [-0.4, -0.2) is 4.98 Å². The van der Waals surface area contributed by atoms with E-state index in [1.165, 1.54) is 0 Å². The lowest BCUT2D eigenvalue weighted by Gasteiger charge is -2.20. The van der Waals surface area contributed by atoms with Crippen LogP contribution in [0.1, 0.15) is 26.3 Å². The van der Waals surface area contributed by atoms with Crippen molar-refractivity contribution in [3.05, 3.63) is 52.3 Å². The van der Waals surface area contributed by atoms with E-state index in [-0.39, 0.29) is 5.41 Å². The molecule has 19 heavy (non-hydrogen) atoms. The van der Waals surface area contributed by atoms with Gasteiger partial charge in [-0.1, -0.05) is 50.0 Å². The topological polar surface area (TPSA) is 22.1 Å². The standard InChI is InChI=1S/C15H15Cl2NO/c1-15(2,3)10-4-5-14(13(17)6-10)19-12-7-11(16)8-18-9-12/h4-9H,1-3H3. The highest BCUT2D eigenvalue weighted by atomic mass is 35.5. The van der Waals surface area contributed by atoms with E-state index in [9.17, 15) is 0 Å². The molecule has 4 heteroatoms. The van der Waals surface area contributed by atoms with Crippen molar-refractivity contribution in [3.8, 4) is 11.5 Å². The first-order valence-electron chi connectivity index (χ1n) is 5.95. The van der Waals surface area contributed by atoms with Crippen LogP contribution in [0.4, 0.5) is 0 Å². The monoisotopic (exact) mass is 295 g/mol. The summed E-state index contributed by atoms with van der Waals surface area (Å²) in [5.74, 6) is 1.16. The summed E-state index contributed by atoms with van der Waals surface area (Å²) in [6.45, 7) is 6.42. The number of pyridine rings is 1. The van der Waals surface area contributed by atoms with Gasteiger partial charge < -0.3 is 4.74 Å². The summed E-state index contributed by atoms with van der Waals surface area (Å²) in [6, 6.07) is 7.50. The lowest BCUT2D eigenvalue weighted by Crippen LogP contribution is -2.10. The minimum Gasteiger partial charge on any atom is -0.454 e. The number of halogens is 2. The molecule has 0 amide bonds. The first-order chi connectivity index (χ1) is 8.86. The Morgan fingerprint density at radius 3 is 2.37 bits per heavy atom. The third-order valence-corrected chi connectivity index (χ3v) is 3.21. The Morgan fingerprint density at radius 1 is 1.05 bits per heavy atom. The van der Waals surface area contributed by atoms with Gasteiger partial charge in [-0.25, -0.2) is 0 Å². The Bertz CT molecular complexity index is 591. The molecule has 0 unspecified atom stereocenters. The van der Waals surface area contributed by atoms with Crippen LogP contribution in [0.3, 0.4) is 0 Å². The van der Waals surface area contributed by atoms with Crippen molar-refractivity contribution in [1.82, 2.24) is 4.98 Å². The van der Waals surface area contributed by atoms with Gasteiger partial charge in [-0.2, -0.15) is 0 Å². The second kappa shape index (κ2) is 5.40. The molecular weight excluding hydrogens is 281 g/mol. The van der Waals surface area contributed by atoms with Gasteiger partial charge in [-0.05, 0) is 23.1 Å². The van der Waals surface area contributed by atoms with Crippen LogP contribution in [0, 0.1) is 0 Å². The Balaban J connectivity index is 2.27. The van der Waals surface area contributed by atoms with Gasteiger partial charge in [-0.15, -0.1) is 0 Å². The van der Waals surface area contributed by atoms with E-state index in [2.05, 4.69) is 25.8 Å². The van der Waals surface area contributed by atoms with Gasteiger partial charge in [0.25, 0.3) is 0 Å². The molecule has 0 atom stereocenters. The van der Waals surface area contributed by atoms with Crippen molar-refractivity contribution in [2.45, 2.75) is 26.2 Å². The lowest BCUT2D eigenvalue weighted by atomic mass is 9.87. The smallest absolute Gasteiger partial charge is 0.147 e. The summed E-state index contributed by atoms with van der Waals surface area (Å²) in [4.78, 5) is 3.97. The van der Waals surface area contributed by atoms with Gasteiger partial charge >= 0.3 is 0 Å². The molecule has 0 aliphatic carbocycles. The van der Waals surface area contributed by atoms with Crippen LogP contribution >= 0.6 is 23.2 Å². The summed E-state index contributed by atoms with van der Waals surface area (Å²) in [5, 5.41) is 1.10. The predicted octanol–water partition coefficient (Wildman–Crippen LogP) is 5.48. The molecule has 0 spiro atoms. The van der Waals surface area contributed by atoms with Crippen molar-refractivity contribution in [2.75, 3.05) is 0 Å². The van der Waals surface area contributed by atoms with Gasteiger partial charge in [-0.3, -0.25) is 4.98 Å². The van der Waals surface area contributed by atoms with Crippen LogP contribution in [0.15, 0.2) is 36.7 Å². The van der Waals surface area contributed by atoms with Gasteiger partial charge in [0, 0.05) is 12.3 Å². The van der Waals surface area contributed by atoms with Crippen LogP contribution in [0.5, 0.6) is 11.5 Å². The van der Waals surface area contributed by atoms with Gasteiger partial charge in [0.1, 0.15) is 11.5 Å². The molecule has 1 aromatic carbocycles. The highest BCUT2D eigenvalue weighted by molar-refractivity contribution is 6.32. The highest BCUT2D eigenvalue weighted by Crippen LogP contribution is 2.34. The first kappa shape index (κ1) is 14.2. The molecule has 0 fully saturated rings. The van der Waals surface area contributed by atoms with Crippen LogP contribution in [0.2, 0.25) is 10.0 Å². The van der Waals surface area contributed by atoms with E-state index in [1.54, 1.807) is 18.5 Å². The predicted molar refractivity (Wildman–Crippen MR) is 79.5 cm³/mol. The maximum atomic E-state index is 6.25. The third-order valence-electron chi connectivity index (χ3n) is 2.71. The Hall–Kier alpha value is -1.25. The number of aromatic nitrogens is 1. The molecule has 0 saturated carbocycles. The Labute approximate surface area is 123 Å². The molecule has 2 rings (SSSR count). The summed E-state index contributed by atoms with van der Waals surface area (Å²) in [5.41, 5.74) is 1.22. The maximum absolute atomic E-state index is 6.25. The van der Waals surface area contributed by atoms with E-state index >= 15 is 0 Å². The zero-order valence-corrected chi connectivity index (χ0v) is 12.6. The van der Waals surface area contributed by atoms with Crippen LogP contribution in [0.25, 0.3) is 0 Å². The van der Waals surface area contributed by atoms with Crippen molar-refractivity contribution in [3.63, 3.8) is 0 Å². The fraction of sp³-hybridized carbons (Fsp3) is 0.267. The minimum atomic E-state index is 0.0553. The number of benzene rings is 1. The summed E-state index contributed by atoms with van der Waals surface area (Å²) in [7, 11) is 0. The van der Waals surface area contributed by atoms with E-state index in [1.807, 2.05) is 18.2 Å². The van der Waals surface area contributed by atoms with E-state index in [4.69, 9.17) is 27.9 Å².